The largest absolute Gasteiger partial charge is 0.325 e. The fourth-order valence-electron chi connectivity index (χ4n) is 4.18. The van der Waals surface area contributed by atoms with Gasteiger partial charge >= 0.3 is 0 Å². The van der Waals surface area contributed by atoms with Crippen molar-refractivity contribution in [1.29, 1.82) is 0 Å². The van der Waals surface area contributed by atoms with Crippen LogP contribution in [0.4, 0.5) is 0 Å². The molecular weight excluding hydrogens is 499 g/mol. The fourth-order valence-corrected chi connectivity index (χ4v) is 4.97. The first-order chi connectivity index (χ1) is 14.7. The number of quaternary nitrogens is 1. The lowest BCUT2D eigenvalue weighted by Gasteiger charge is -2.32. The number of imide groups is 1. The van der Waals surface area contributed by atoms with Gasteiger partial charge < -0.3 is 4.48 Å². The van der Waals surface area contributed by atoms with E-state index in [-0.39, 0.29) is 11.8 Å². The highest BCUT2D eigenvalue weighted by Crippen LogP contribution is 2.34. The van der Waals surface area contributed by atoms with Crippen LogP contribution in [0.1, 0.15) is 32.7 Å². The van der Waals surface area contributed by atoms with Gasteiger partial charge in [0.25, 0.3) is 11.8 Å². The second kappa shape index (κ2) is 8.55. The third-order valence-corrected chi connectivity index (χ3v) is 7.11. The Bertz CT molecular complexity index is 1190. The van der Waals surface area contributed by atoms with Gasteiger partial charge in [-0.25, -0.2) is 0 Å². The SMILES string of the molecule is C[N+](C)(CCCN1C(=O)c2cccc3c(Br)ccc(c23)C1=O)Cc1ccc(Cl)c(Cl)c1. The summed E-state index contributed by atoms with van der Waals surface area (Å²) in [6, 6.07) is 14.9. The molecule has 0 N–H and O–H groups in total. The Morgan fingerprint density at radius 1 is 0.935 bits per heavy atom. The summed E-state index contributed by atoms with van der Waals surface area (Å²) >= 11 is 15.7. The lowest BCUT2D eigenvalue weighted by atomic mass is 9.94. The van der Waals surface area contributed by atoms with Crippen molar-refractivity contribution in [3.8, 4) is 0 Å². The number of carbonyl (C=O) groups is 2. The molecule has 3 aromatic carbocycles. The van der Waals surface area contributed by atoms with E-state index in [9.17, 15) is 9.59 Å². The van der Waals surface area contributed by atoms with Crippen molar-refractivity contribution in [3.63, 3.8) is 0 Å². The molecule has 0 fully saturated rings. The molecule has 31 heavy (non-hydrogen) atoms. The third-order valence-electron chi connectivity index (χ3n) is 5.68. The first-order valence-electron chi connectivity index (χ1n) is 10.0. The zero-order valence-electron chi connectivity index (χ0n) is 17.3. The summed E-state index contributed by atoms with van der Waals surface area (Å²) in [4.78, 5) is 27.6. The second-order valence-electron chi connectivity index (χ2n) is 8.50. The van der Waals surface area contributed by atoms with E-state index in [1.807, 2.05) is 30.3 Å². The molecule has 1 aliphatic heterocycles. The molecule has 4 nitrogen and oxygen atoms in total. The zero-order valence-corrected chi connectivity index (χ0v) is 20.4. The quantitative estimate of drug-likeness (QED) is 0.288. The highest BCUT2D eigenvalue weighted by Gasteiger charge is 2.33. The summed E-state index contributed by atoms with van der Waals surface area (Å²) in [5, 5.41) is 2.71. The number of benzene rings is 3. The predicted octanol–water partition coefficient (Wildman–Crippen LogP) is 6.17. The van der Waals surface area contributed by atoms with Crippen LogP contribution in [0.5, 0.6) is 0 Å². The maximum absolute atomic E-state index is 13.1. The van der Waals surface area contributed by atoms with Gasteiger partial charge in [-0.1, -0.05) is 57.3 Å². The van der Waals surface area contributed by atoms with Crippen molar-refractivity contribution in [3.05, 3.63) is 79.7 Å². The van der Waals surface area contributed by atoms with Crippen LogP contribution in [-0.2, 0) is 6.54 Å². The lowest BCUT2D eigenvalue weighted by molar-refractivity contribution is -0.903. The average Bonchev–Trinajstić information content (AvgIpc) is 2.72. The number of rotatable bonds is 6. The lowest BCUT2D eigenvalue weighted by Crippen LogP contribution is -2.44. The van der Waals surface area contributed by atoms with Gasteiger partial charge in [0.05, 0.1) is 30.7 Å². The maximum Gasteiger partial charge on any atom is 0.261 e. The van der Waals surface area contributed by atoms with Crippen molar-refractivity contribution in [2.24, 2.45) is 0 Å². The highest BCUT2D eigenvalue weighted by atomic mass is 79.9. The van der Waals surface area contributed by atoms with E-state index in [0.29, 0.717) is 38.6 Å². The Kier molecular flexibility index (Phi) is 6.14. The number of nitrogens with zero attached hydrogens (tertiary/aromatic N) is 2. The molecule has 1 heterocycles. The summed E-state index contributed by atoms with van der Waals surface area (Å²) in [5.74, 6) is -0.452. The summed E-state index contributed by atoms with van der Waals surface area (Å²) in [7, 11) is 4.24. The van der Waals surface area contributed by atoms with Gasteiger partial charge in [-0.3, -0.25) is 14.5 Å². The number of hydrogen-bond acceptors (Lipinski definition) is 2. The minimum Gasteiger partial charge on any atom is -0.325 e. The Morgan fingerprint density at radius 2 is 1.65 bits per heavy atom. The summed E-state index contributed by atoms with van der Waals surface area (Å²) in [6.45, 7) is 1.95. The van der Waals surface area contributed by atoms with Gasteiger partial charge in [-0.05, 0) is 35.7 Å². The Hall–Kier alpha value is -1.92. The molecular formula is C24H22BrCl2N2O2+. The zero-order chi connectivity index (χ0) is 22.3. The minimum atomic E-state index is -0.226. The van der Waals surface area contributed by atoms with Gasteiger partial charge in [0, 0.05) is 39.5 Å². The van der Waals surface area contributed by atoms with Crippen molar-refractivity contribution in [2.75, 3.05) is 27.2 Å². The van der Waals surface area contributed by atoms with Crippen molar-refractivity contribution < 1.29 is 14.1 Å². The Labute approximate surface area is 200 Å². The molecule has 0 bridgehead atoms. The van der Waals surface area contributed by atoms with Gasteiger partial charge in [0.15, 0.2) is 0 Å². The van der Waals surface area contributed by atoms with Crippen LogP contribution in [0.3, 0.4) is 0 Å². The van der Waals surface area contributed by atoms with E-state index in [0.717, 1.165) is 33.9 Å². The number of hydrogen-bond donors (Lipinski definition) is 0. The number of amides is 2. The molecule has 0 saturated carbocycles. The van der Waals surface area contributed by atoms with E-state index in [2.05, 4.69) is 30.0 Å². The predicted molar refractivity (Wildman–Crippen MR) is 129 cm³/mol. The highest BCUT2D eigenvalue weighted by molar-refractivity contribution is 9.10. The first kappa shape index (κ1) is 22.3. The standard InChI is InChI=1S/C24H22BrCl2N2O2/c1-29(2,14-15-7-10-20(26)21(27)13-15)12-4-11-28-23(30)17-6-3-5-16-19(25)9-8-18(22(16)17)24(28)31/h3,5-10,13H,4,11-12,14H2,1-2H3/q+1. The molecule has 0 unspecified atom stereocenters. The average molecular weight is 521 g/mol. The minimum absolute atomic E-state index is 0.226. The molecule has 160 valence electrons. The van der Waals surface area contributed by atoms with Gasteiger partial charge in [-0.15, -0.1) is 0 Å². The maximum atomic E-state index is 13.1. The molecule has 4 rings (SSSR count). The molecule has 0 aromatic heterocycles. The smallest absolute Gasteiger partial charge is 0.261 e. The molecule has 0 spiro atoms. The van der Waals surface area contributed by atoms with Crippen molar-refractivity contribution in [2.45, 2.75) is 13.0 Å². The first-order valence-corrected chi connectivity index (χ1v) is 11.6. The molecule has 1 aliphatic rings. The van der Waals surface area contributed by atoms with E-state index >= 15 is 0 Å². The molecule has 3 aromatic rings. The summed E-state index contributed by atoms with van der Waals surface area (Å²) in [5.41, 5.74) is 2.26. The van der Waals surface area contributed by atoms with Crippen LogP contribution in [0, 0.1) is 0 Å². The van der Waals surface area contributed by atoms with Crippen LogP contribution in [0.25, 0.3) is 10.8 Å². The molecule has 0 radical (unpaired) electrons. The van der Waals surface area contributed by atoms with Crippen LogP contribution in [-0.4, -0.2) is 48.4 Å². The second-order valence-corrected chi connectivity index (χ2v) is 10.2. The van der Waals surface area contributed by atoms with Crippen LogP contribution in [0.2, 0.25) is 10.0 Å². The van der Waals surface area contributed by atoms with Gasteiger partial charge in [0.2, 0.25) is 0 Å². The third kappa shape index (κ3) is 4.37. The number of halogens is 3. The Morgan fingerprint density at radius 3 is 2.35 bits per heavy atom. The fraction of sp³-hybridized carbons (Fsp3) is 0.250. The van der Waals surface area contributed by atoms with Crippen LogP contribution in [0.15, 0.2) is 53.0 Å². The van der Waals surface area contributed by atoms with E-state index in [1.165, 1.54) is 4.90 Å². The van der Waals surface area contributed by atoms with Crippen LogP contribution >= 0.6 is 39.1 Å². The molecule has 7 heteroatoms. The summed E-state index contributed by atoms with van der Waals surface area (Å²) < 4.78 is 1.58. The van der Waals surface area contributed by atoms with Gasteiger partial charge in [-0.2, -0.15) is 0 Å². The van der Waals surface area contributed by atoms with Gasteiger partial charge in [0.1, 0.15) is 6.54 Å². The number of carbonyl (C=O) groups excluding carboxylic acids is 2. The molecule has 2 amide bonds. The van der Waals surface area contributed by atoms with Crippen molar-refractivity contribution >= 4 is 61.7 Å². The topological polar surface area (TPSA) is 37.4 Å². The molecule has 0 aliphatic carbocycles. The van der Waals surface area contributed by atoms with Crippen LogP contribution < -0.4 is 0 Å². The van der Waals surface area contributed by atoms with E-state index in [4.69, 9.17) is 23.2 Å². The summed E-state index contributed by atoms with van der Waals surface area (Å²) in [6.07, 6.45) is 0.702. The van der Waals surface area contributed by atoms with E-state index in [1.54, 1.807) is 18.2 Å². The molecule has 0 atom stereocenters. The molecule has 0 saturated heterocycles. The monoisotopic (exact) mass is 519 g/mol. The Balaban J connectivity index is 1.47. The van der Waals surface area contributed by atoms with Crippen molar-refractivity contribution in [1.82, 2.24) is 4.90 Å². The van der Waals surface area contributed by atoms with E-state index < -0.39 is 0 Å². The normalized spacial score (nSPS) is 13.9.